The Hall–Kier alpha value is -1.64. The summed E-state index contributed by atoms with van der Waals surface area (Å²) in [6.07, 6.45) is 5.83. The second-order valence-corrected chi connectivity index (χ2v) is 4.75. The van der Waals surface area contributed by atoms with E-state index in [1.54, 1.807) is 0 Å². The Labute approximate surface area is 101 Å². The van der Waals surface area contributed by atoms with Crippen LogP contribution in [-0.2, 0) is 12.8 Å². The third-order valence-electron chi connectivity index (χ3n) is 3.51. The van der Waals surface area contributed by atoms with E-state index in [1.165, 1.54) is 24.8 Å². The minimum atomic E-state index is 0.622. The third kappa shape index (κ3) is 2.38. The van der Waals surface area contributed by atoms with Crippen molar-refractivity contribution < 1.29 is 0 Å². The second-order valence-electron chi connectivity index (χ2n) is 4.75. The molecule has 3 nitrogen and oxygen atoms in total. The van der Waals surface area contributed by atoms with Crippen molar-refractivity contribution in [2.75, 3.05) is 0 Å². The molecule has 0 spiro atoms. The monoisotopic (exact) mass is 227 g/mol. The lowest BCUT2D eigenvalue weighted by atomic mass is 9.85. The maximum Gasteiger partial charge on any atom is 0.153 e. The highest BCUT2D eigenvalue weighted by Crippen LogP contribution is 2.34. The van der Waals surface area contributed by atoms with Gasteiger partial charge in [-0.15, -0.1) is 0 Å². The molecule has 0 aliphatic heterocycles. The first-order chi connectivity index (χ1) is 8.42. The van der Waals surface area contributed by atoms with Crippen molar-refractivity contribution in [3.63, 3.8) is 0 Å². The molecule has 0 bridgehead atoms. The molecular formula is C14H17N3. The maximum atomic E-state index is 4.58. The molecule has 0 atom stereocenters. The summed E-state index contributed by atoms with van der Waals surface area (Å²) in [6.45, 7) is 0. The Balaban J connectivity index is 1.60. The average molecular weight is 227 g/mol. The first kappa shape index (κ1) is 10.5. The lowest BCUT2D eigenvalue weighted by molar-refractivity contribution is 0.402. The number of aromatic nitrogens is 3. The zero-order valence-electron chi connectivity index (χ0n) is 9.89. The van der Waals surface area contributed by atoms with E-state index in [2.05, 4.69) is 39.4 Å². The van der Waals surface area contributed by atoms with E-state index in [9.17, 15) is 0 Å². The molecular weight excluding hydrogens is 210 g/mol. The van der Waals surface area contributed by atoms with Crippen molar-refractivity contribution in [2.45, 2.75) is 38.0 Å². The Morgan fingerprint density at radius 2 is 1.94 bits per heavy atom. The minimum absolute atomic E-state index is 0.622. The van der Waals surface area contributed by atoms with Crippen LogP contribution in [0, 0.1) is 0 Å². The van der Waals surface area contributed by atoms with Gasteiger partial charge in [-0.2, -0.15) is 5.10 Å². The van der Waals surface area contributed by atoms with E-state index in [0.717, 1.165) is 24.5 Å². The molecule has 1 N–H and O–H groups in total. The fraction of sp³-hybridized carbons (Fsp3) is 0.429. The molecule has 1 fully saturated rings. The largest absolute Gasteiger partial charge is 0.263 e. The van der Waals surface area contributed by atoms with Crippen LogP contribution in [0.4, 0.5) is 0 Å². The molecule has 1 heterocycles. The molecule has 88 valence electrons. The van der Waals surface area contributed by atoms with Gasteiger partial charge in [-0.3, -0.25) is 5.10 Å². The standard InChI is InChI=1S/C14H17N3/c1-2-5-11(6-3-1)9-10-13-15-14(17-16-13)12-7-4-8-12/h1-3,5-6,12H,4,7-10H2,(H,15,16,17). The van der Waals surface area contributed by atoms with Crippen LogP contribution in [-0.4, -0.2) is 15.2 Å². The third-order valence-corrected chi connectivity index (χ3v) is 3.51. The normalized spacial score (nSPS) is 15.8. The van der Waals surface area contributed by atoms with Gasteiger partial charge < -0.3 is 0 Å². The molecule has 0 saturated heterocycles. The number of nitrogens with zero attached hydrogens (tertiary/aromatic N) is 2. The van der Waals surface area contributed by atoms with Crippen LogP contribution in [0.1, 0.15) is 42.4 Å². The predicted octanol–water partition coefficient (Wildman–Crippen LogP) is 2.86. The molecule has 0 amide bonds. The molecule has 2 aromatic rings. The number of aromatic amines is 1. The van der Waals surface area contributed by atoms with Gasteiger partial charge in [0.2, 0.25) is 0 Å². The lowest BCUT2D eigenvalue weighted by Crippen LogP contribution is -2.10. The van der Waals surface area contributed by atoms with Gasteiger partial charge in [0.05, 0.1) is 0 Å². The van der Waals surface area contributed by atoms with Gasteiger partial charge in [0.15, 0.2) is 5.82 Å². The van der Waals surface area contributed by atoms with Crippen molar-refractivity contribution in [2.24, 2.45) is 0 Å². The van der Waals surface area contributed by atoms with Crippen LogP contribution >= 0.6 is 0 Å². The molecule has 0 radical (unpaired) electrons. The topological polar surface area (TPSA) is 41.6 Å². The molecule has 17 heavy (non-hydrogen) atoms. The van der Waals surface area contributed by atoms with Crippen LogP contribution in [0.25, 0.3) is 0 Å². The zero-order chi connectivity index (χ0) is 11.5. The van der Waals surface area contributed by atoms with Crippen molar-refractivity contribution in [1.82, 2.24) is 15.2 Å². The number of nitrogens with one attached hydrogen (secondary N) is 1. The molecule has 0 unspecified atom stereocenters. The number of hydrogen-bond donors (Lipinski definition) is 1. The Morgan fingerprint density at radius 1 is 1.12 bits per heavy atom. The number of benzene rings is 1. The van der Waals surface area contributed by atoms with Gasteiger partial charge in [-0.25, -0.2) is 4.98 Å². The molecule has 1 aromatic carbocycles. The van der Waals surface area contributed by atoms with Crippen LogP contribution < -0.4 is 0 Å². The number of aryl methyl sites for hydroxylation is 2. The van der Waals surface area contributed by atoms with Gasteiger partial charge in [0, 0.05) is 12.3 Å². The fourth-order valence-corrected chi connectivity index (χ4v) is 2.18. The summed E-state index contributed by atoms with van der Waals surface area (Å²) in [6, 6.07) is 10.5. The number of hydrogen-bond acceptors (Lipinski definition) is 2. The van der Waals surface area contributed by atoms with E-state index >= 15 is 0 Å². The second kappa shape index (κ2) is 4.70. The van der Waals surface area contributed by atoms with E-state index in [4.69, 9.17) is 0 Å². The van der Waals surface area contributed by atoms with Crippen molar-refractivity contribution in [1.29, 1.82) is 0 Å². The SMILES string of the molecule is c1ccc(CCc2nc(C3CCC3)n[nH]2)cc1. The predicted molar refractivity (Wildman–Crippen MR) is 66.8 cm³/mol. The minimum Gasteiger partial charge on any atom is -0.263 e. The van der Waals surface area contributed by atoms with Crippen molar-refractivity contribution in [3.05, 3.63) is 47.5 Å². The summed E-state index contributed by atoms with van der Waals surface area (Å²) in [5.74, 6) is 2.67. The molecule has 3 rings (SSSR count). The Morgan fingerprint density at radius 3 is 2.65 bits per heavy atom. The first-order valence-electron chi connectivity index (χ1n) is 6.37. The highest BCUT2D eigenvalue weighted by molar-refractivity contribution is 5.15. The van der Waals surface area contributed by atoms with Crippen molar-refractivity contribution in [3.8, 4) is 0 Å². The molecule has 1 saturated carbocycles. The number of H-pyrrole nitrogens is 1. The zero-order valence-corrected chi connectivity index (χ0v) is 9.89. The highest BCUT2D eigenvalue weighted by atomic mass is 15.2. The number of rotatable bonds is 4. The highest BCUT2D eigenvalue weighted by Gasteiger charge is 2.23. The van der Waals surface area contributed by atoms with Crippen LogP contribution in [0.5, 0.6) is 0 Å². The van der Waals surface area contributed by atoms with Gasteiger partial charge >= 0.3 is 0 Å². The van der Waals surface area contributed by atoms with Gasteiger partial charge in [-0.1, -0.05) is 36.8 Å². The first-order valence-corrected chi connectivity index (χ1v) is 6.37. The molecule has 3 heteroatoms. The van der Waals surface area contributed by atoms with Crippen LogP contribution in [0.15, 0.2) is 30.3 Å². The van der Waals surface area contributed by atoms with E-state index in [1.807, 2.05) is 6.07 Å². The Kier molecular flexibility index (Phi) is 2.90. The van der Waals surface area contributed by atoms with Crippen LogP contribution in [0.2, 0.25) is 0 Å². The molecule has 1 aromatic heterocycles. The summed E-state index contributed by atoms with van der Waals surface area (Å²) in [5, 5.41) is 7.38. The molecule has 1 aliphatic rings. The van der Waals surface area contributed by atoms with Gasteiger partial charge in [0.1, 0.15) is 5.82 Å². The maximum absolute atomic E-state index is 4.58. The summed E-state index contributed by atoms with van der Waals surface area (Å²) in [4.78, 5) is 4.58. The smallest absolute Gasteiger partial charge is 0.153 e. The quantitative estimate of drug-likeness (QED) is 0.872. The van der Waals surface area contributed by atoms with Crippen molar-refractivity contribution >= 4 is 0 Å². The summed E-state index contributed by atoms with van der Waals surface area (Å²) in [7, 11) is 0. The van der Waals surface area contributed by atoms with Gasteiger partial charge in [-0.05, 0) is 24.8 Å². The van der Waals surface area contributed by atoms with Gasteiger partial charge in [0.25, 0.3) is 0 Å². The average Bonchev–Trinajstić information content (AvgIpc) is 2.74. The fourth-order valence-electron chi connectivity index (χ4n) is 2.18. The van der Waals surface area contributed by atoms with E-state index in [-0.39, 0.29) is 0 Å². The summed E-state index contributed by atoms with van der Waals surface area (Å²) in [5.41, 5.74) is 1.36. The van der Waals surface area contributed by atoms with E-state index < -0.39 is 0 Å². The lowest BCUT2D eigenvalue weighted by Gasteiger charge is -2.21. The Bertz CT molecular complexity index is 471. The van der Waals surface area contributed by atoms with E-state index in [0.29, 0.717) is 5.92 Å². The molecule has 1 aliphatic carbocycles. The van der Waals surface area contributed by atoms with Crippen LogP contribution in [0.3, 0.4) is 0 Å². The summed E-state index contributed by atoms with van der Waals surface area (Å²) < 4.78 is 0. The summed E-state index contributed by atoms with van der Waals surface area (Å²) >= 11 is 0.